The summed E-state index contributed by atoms with van der Waals surface area (Å²) in [6, 6.07) is 0. The standard InChI is InChI=1S/C17H20O4/c1-5-17(21-13(3)19)9-6-7-14-11-15(20-12(2)18)8-10-16(14,17)4/h1,7,11H,6,8-10H2,2-4H3. The SMILES string of the molecule is C#CC1(OC(C)=O)CCC=C2C=C(OC(C)=O)CCC21C. The Hall–Kier alpha value is -2.02. The zero-order chi connectivity index (χ0) is 15.7. The second-order valence-corrected chi connectivity index (χ2v) is 5.80. The van der Waals surface area contributed by atoms with E-state index in [4.69, 9.17) is 15.9 Å². The number of rotatable bonds is 2. The van der Waals surface area contributed by atoms with Crippen molar-refractivity contribution < 1.29 is 19.1 Å². The first-order valence-electron chi connectivity index (χ1n) is 7.10. The van der Waals surface area contributed by atoms with Crippen molar-refractivity contribution in [1.29, 1.82) is 0 Å². The number of carbonyl (C=O) groups is 2. The first kappa shape index (κ1) is 15.4. The molecule has 0 aromatic rings. The number of esters is 2. The smallest absolute Gasteiger partial charge is 0.307 e. The van der Waals surface area contributed by atoms with Crippen LogP contribution in [0.3, 0.4) is 0 Å². The Bertz CT molecular complexity index is 578. The fraction of sp³-hybridized carbons (Fsp3) is 0.529. The van der Waals surface area contributed by atoms with Crippen LogP contribution < -0.4 is 0 Å². The molecule has 2 unspecified atom stereocenters. The van der Waals surface area contributed by atoms with Gasteiger partial charge in [0.2, 0.25) is 0 Å². The largest absolute Gasteiger partial charge is 0.445 e. The van der Waals surface area contributed by atoms with E-state index >= 15 is 0 Å². The van der Waals surface area contributed by atoms with Gasteiger partial charge in [-0.1, -0.05) is 18.9 Å². The van der Waals surface area contributed by atoms with Gasteiger partial charge in [0.15, 0.2) is 5.60 Å². The summed E-state index contributed by atoms with van der Waals surface area (Å²) in [5.74, 6) is 2.66. The number of carbonyl (C=O) groups excluding carboxylic acids is 2. The van der Waals surface area contributed by atoms with E-state index < -0.39 is 11.0 Å². The van der Waals surface area contributed by atoms with Gasteiger partial charge in [-0.2, -0.15) is 0 Å². The molecule has 0 aromatic heterocycles. The van der Waals surface area contributed by atoms with Gasteiger partial charge < -0.3 is 9.47 Å². The zero-order valence-corrected chi connectivity index (χ0v) is 12.7. The number of terminal acetylenes is 1. The molecule has 0 aliphatic heterocycles. The molecular formula is C17H20O4. The molecule has 112 valence electrons. The van der Waals surface area contributed by atoms with E-state index in [1.807, 2.05) is 13.0 Å². The molecule has 0 radical (unpaired) electrons. The molecule has 0 N–H and O–H groups in total. The molecular weight excluding hydrogens is 268 g/mol. The molecule has 2 aliphatic rings. The molecule has 0 heterocycles. The van der Waals surface area contributed by atoms with Gasteiger partial charge in [0.05, 0.1) is 0 Å². The Morgan fingerprint density at radius 2 is 2.00 bits per heavy atom. The number of fused-ring (bicyclic) bond motifs is 1. The third-order valence-electron chi connectivity index (χ3n) is 4.40. The molecule has 0 fully saturated rings. The molecule has 0 saturated heterocycles. The predicted octanol–water partition coefficient (Wildman–Crippen LogP) is 2.89. The van der Waals surface area contributed by atoms with Crippen molar-refractivity contribution in [2.24, 2.45) is 5.41 Å². The van der Waals surface area contributed by atoms with Gasteiger partial charge in [0.1, 0.15) is 5.76 Å². The molecule has 0 spiro atoms. The zero-order valence-electron chi connectivity index (χ0n) is 12.7. The number of ether oxygens (including phenoxy) is 2. The maximum atomic E-state index is 11.5. The Morgan fingerprint density at radius 3 is 2.57 bits per heavy atom. The summed E-state index contributed by atoms with van der Waals surface area (Å²) in [4.78, 5) is 22.6. The average molecular weight is 288 g/mol. The van der Waals surface area contributed by atoms with Gasteiger partial charge in [-0.3, -0.25) is 9.59 Å². The molecule has 0 saturated carbocycles. The second kappa shape index (κ2) is 5.40. The van der Waals surface area contributed by atoms with Crippen molar-refractivity contribution in [2.75, 3.05) is 0 Å². The van der Waals surface area contributed by atoms with Crippen molar-refractivity contribution in [1.82, 2.24) is 0 Å². The van der Waals surface area contributed by atoms with E-state index in [0.717, 1.165) is 12.0 Å². The first-order chi connectivity index (χ1) is 9.83. The molecule has 2 atom stereocenters. The molecule has 2 aliphatic carbocycles. The Balaban J connectivity index is 2.41. The number of allylic oxidation sites excluding steroid dienone is 3. The van der Waals surface area contributed by atoms with Crippen LogP contribution in [0.4, 0.5) is 0 Å². The summed E-state index contributed by atoms with van der Waals surface area (Å²) in [6.45, 7) is 4.78. The Morgan fingerprint density at radius 1 is 1.29 bits per heavy atom. The van der Waals surface area contributed by atoms with E-state index in [1.54, 1.807) is 0 Å². The van der Waals surface area contributed by atoms with Crippen LogP contribution in [0.25, 0.3) is 0 Å². The molecule has 0 bridgehead atoms. The van der Waals surface area contributed by atoms with E-state index in [9.17, 15) is 9.59 Å². The minimum absolute atomic E-state index is 0.329. The summed E-state index contributed by atoms with van der Waals surface area (Å²) in [6.07, 6.45) is 12.3. The molecule has 0 aromatic carbocycles. The number of hydrogen-bond acceptors (Lipinski definition) is 4. The van der Waals surface area contributed by atoms with E-state index in [-0.39, 0.29) is 11.9 Å². The summed E-state index contributed by atoms with van der Waals surface area (Å²) in [7, 11) is 0. The van der Waals surface area contributed by atoms with Crippen LogP contribution in [0, 0.1) is 17.8 Å². The minimum atomic E-state index is -0.929. The Kier molecular flexibility index (Phi) is 3.95. The van der Waals surface area contributed by atoms with Gasteiger partial charge in [-0.25, -0.2) is 0 Å². The van der Waals surface area contributed by atoms with Crippen molar-refractivity contribution in [2.45, 2.75) is 52.1 Å². The summed E-state index contributed by atoms with van der Waals surface area (Å²) >= 11 is 0. The molecule has 2 rings (SSSR count). The molecule has 21 heavy (non-hydrogen) atoms. The lowest BCUT2D eigenvalue weighted by Gasteiger charge is -2.49. The van der Waals surface area contributed by atoms with Gasteiger partial charge in [-0.05, 0) is 24.5 Å². The van der Waals surface area contributed by atoms with Crippen LogP contribution in [-0.2, 0) is 19.1 Å². The highest BCUT2D eigenvalue weighted by Crippen LogP contribution is 2.53. The average Bonchev–Trinajstić information content (AvgIpc) is 2.39. The van der Waals surface area contributed by atoms with Crippen LogP contribution >= 0.6 is 0 Å². The van der Waals surface area contributed by atoms with Crippen molar-refractivity contribution in [3.8, 4) is 12.3 Å². The van der Waals surface area contributed by atoms with Gasteiger partial charge in [0.25, 0.3) is 0 Å². The van der Waals surface area contributed by atoms with Crippen LogP contribution in [0.2, 0.25) is 0 Å². The fourth-order valence-electron chi connectivity index (χ4n) is 3.28. The normalized spacial score (nSPS) is 31.1. The lowest BCUT2D eigenvalue weighted by atomic mass is 9.59. The topological polar surface area (TPSA) is 52.6 Å². The second-order valence-electron chi connectivity index (χ2n) is 5.80. The maximum absolute atomic E-state index is 11.5. The molecule has 4 nitrogen and oxygen atoms in total. The monoisotopic (exact) mass is 288 g/mol. The van der Waals surface area contributed by atoms with Crippen LogP contribution in [0.5, 0.6) is 0 Å². The van der Waals surface area contributed by atoms with Crippen molar-refractivity contribution in [3.05, 3.63) is 23.5 Å². The van der Waals surface area contributed by atoms with Gasteiger partial charge in [-0.15, -0.1) is 6.42 Å². The summed E-state index contributed by atoms with van der Waals surface area (Å²) < 4.78 is 10.8. The minimum Gasteiger partial charge on any atom is -0.445 e. The third-order valence-corrected chi connectivity index (χ3v) is 4.40. The van der Waals surface area contributed by atoms with E-state index in [1.165, 1.54) is 13.8 Å². The van der Waals surface area contributed by atoms with Crippen molar-refractivity contribution in [3.63, 3.8) is 0 Å². The third kappa shape index (κ3) is 2.61. The highest BCUT2D eigenvalue weighted by atomic mass is 16.6. The van der Waals surface area contributed by atoms with Gasteiger partial charge >= 0.3 is 11.9 Å². The van der Waals surface area contributed by atoms with Crippen LogP contribution in [0.15, 0.2) is 23.5 Å². The lowest BCUT2D eigenvalue weighted by Crippen LogP contribution is -2.52. The summed E-state index contributed by atoms with van der Waals surface area (Å²) in [5.41, 5.74) is -0.397. The highest BCUT2D eigenvalue weighted by Gasteiger charge is 2.54. The van der Waals surface area contributed by atoms with Crippen molar-refractivity contribution >= 4 is 11.9 Å². The maximum Gasteiger partial charge on any atom is 0.307 e. The van der Waals surface area contributed by atoms with E-state index in [0.29, 0.717) is 25.0 Å². The van der Waals surface area contributed by atoms with E-state index in [2.05, 4.69) is 12.0 Å². The molecule has 0 amide bonds. The highest BCUT2D eigenvalue weighted by molar-refractivity contribution is 5.68. The Labute approximate surface area is 125 Å². The quantitative estimate of drug-likeness (QED) is 0.579. The van der Waals surface area contributed by atoms with Crippen LogP contribution in [0.1, 0.15) is 46.5 Å². The number of hydrogen-bond donors (Lipinski definition) is 0. The molecule has 4 heteroatoms. The summed E-state index contributed by atoms with van der Waals surface area (Å²) in [5, 5.41) is 0. The first-order valence-corrected chi connectivity index (χ1v) is 7.10. The predicted molar refractivity (Wildman–Crippen MR) is 77.8 cm³/mol. The van der Waals surface area contributed by atoms with Gasteiger partial charge in [0, 0.05) is 32.1 Å². The fourth-order valence-corrected chi connectivity index (χ4v) is 3.28. The lowest BCUT2D eigenvalue weighted by molar-refractivity contribution is -0.162. The van der Waals surface area contributed by atoms with Crippen LogP contribution in [-0.4, -0.2) is 17.5 Å².